The van der Waals surface area contributed by atoms with Crippen LogP contribution in [0.1, 0.15) is 42.6 Å². The van der Waals surface area contributed by atoms with Crippen molar-refractivity contribution in [2.45, 2.75) is 38.5 Å². The van der Waals surface area contributed by atoms with Crippen LogP contribution in [0.25, 0.3) is 0 Å². The van der Waals surface area contributed by atoms with E-state index in [1.807, 2.05) is 11.8 Å². The lowest BCUT2D eigenvalue weighted by Gasteiger charge is -2.22. The molecule has 0 bridgehead atoms. The summed E-state index contributed by atoms with van der Waals surface area (Å²) in [4.78, 5) is 13.9. The third-order valence-corrected chi connectivity index (χ3v) is 5.18. The molecule has 1 N–H and O–H groups in total. The van der Waals surface area contributed by atoms with Crippen molar-refractivity contribution < 1.29 is 4.79 Å². The molecule has 20 heavy (non-hydrogen) atoms. The summed E-state index contributed by atoms with van der Waals surface area (Å²) in [6, 6.07) is 6.31. The Labute approximate surface area is 126 Å². The number of carbonyl (C=O) groups excluding carboxylic acids is 1. The van der Waals surface area contributed by atoms with Crippen LogP contribution in [0.3, 0.4) is 0 Å². The number of aryl methyl sites for hydroxylation is 1. The second-order valence-electron chi connectivity index (χ2n) is 6.09. The fraction of sp³-hybridized carbons (Fsp3) is 0.588. The number of hydrogen-bond acceptors (Lipinski definition) is 3. The van der Waals surface area contributed by atoms with E-state index in [0.717, 1.165) is 42.1 Å². The van der Waals surface area contributed by atoms with Gasteiger partial charge in [-0.15, -0.1) is 11.8 Å². The Morgan fingerprint density at radius 1 is 1.35 bits per heavy atom. The molecule has 0 amide bonds. The summed E-state index contributed by atoms with van der Waals surface area (Å²) in [5.74, 6) is 2.26. The number of ketones is 1. The van der Waals surface area contributed by atoms with Crippen molar-refractivity contribution in [3.05, 3.63) is 29.3 Å². The Morgan fingerprint density at radius 2 is 2.05 bits per heavy atom. The monoisotopic (exact) mass is 291 g/mol. The maximum Gasteiger partial charge on any atom is 0.167 e. The van der Waals surface area contributed by atoms with Gasteiger partial charge in [0.2, 0.25) is 0 Å². The smallest absolute Gasteiger partial charge is 0.167 e. The first-order valence-corrected chi connectivity index (χ1v) is 8.55. The van der Waals surface area contributed by atoms with Crippen LogP contribution < -0.4 is 5.32 Å². The van der Waals surface area contributed by atoms with Crippen LogP contribution in [0.4, 0.5) is 0 Å². The molecule has 0 aliphatic carbocycles. The number of Topliss-reactive ketones (excluding diaryl/α,β-unsaturated/α-hetero) is 1. The van der Waals surface area contributed by atoms with Crippen LogP contribution in [0.15, 0.2) is 23.1 Å². The van der Waals surface area contributed by atoms with E-state index in [1.54, 1.807) is 0 Å². The lowest BCUT2D eigenvalue weighted by molar-refractivity contribution is 0.0892. The zero-order valence-corrected chi connectivity index (χ0v) is 13.6. The van der Waals surface area contributed by atoms with Crippen molar-refractivity contribution in [2.24, 2.45) is 11.8 Å². The van der Waals surface area contributed by atoms with Gasteiger partial charge in [-0.1, -0.05) is 25.5 Å². The largest absolute Gasteiger partial charge is 0.317 e. The second kappa shape index (κ2) is 7.28. The average molecular weight is 291 g/mol. The van der Waals surface area contributed by atoms with Gasteiger partial charge in [0.25, 0.3) is 0 Å². The highest BCUT2D eigenvalue weighted by atomic mass is 32.2. The summed E-state index contributed by atoms with van der Waals surface area (Å²) >= 11 is 1.82. The second-order valence-corrected chi connectivity index (χ2v) is 7.15. The Kier molecular flexibility index (Phi) is 5.67. The lowest BCUT2D eigenvalue weighted by atomic mass is 9.89. The summed E-state index contributed by atoms with van der Waals surface area (Å²) in [6.45, 7) is 8.44. The Hall–Kier alpha value is -0.800. The first kappa shape index (κ1) is 15.6. The molecule has 0 aromatic heterocycles. The van der Waals surface area contributed by atoms with Gasteiger partial charge in [0.15, 0.2) is 5.78 Å². The number of benzene rings is 1. The fourth-order valence-electron chi connectivity index (χ4n) is 2.52. The van der Waals surface area contributed by atoms with Crippen LogP contribution >= 0.6 is 11.8 Å². The standard InChI is InChI=1S/C17H25NOS/c1-12(2)11-20-16-5-4-13(3)10-15(16)17(19)14-6-8-18-9-7-14/h4-5,10,12,14,18H,6-9,11H2,1-3H3. The molecular formula is C17H25NOS. The van der Waals surface area contributed by atoms with Gasteiger partial charge >= 0.3 is 0 Å². The lowest BCUT2D eigenvalue weighted by Crippen LogP contribution is -2.32. The summed E-state index contributed by atoms with van der Waals surface area (Å²) in [6.07, 6.45) is 1.95. The average Bonchev–Trinajstić information content (AvgIpc) is 2.46. The molecule has 110 valence electrons. The van der Waals surface area contributed by atoms with E-state index in [2.05, 4.69) is 44.3 Å². The van der Waals surface area contributed by atoms with E-state index >= 15 is 0 Å². The van der Waals surface area contributed by atoms with E-state index in [9.17, 15) is 4.79 Å². The number of carbonyl (C=O) groups is 1. The topological polar surface area (TPSA) is 29.1 Å². The highest BCUT2D eigenvalue weighted by Crippen LogP contribution is 2.29. The molecule has 1 aromatic rings. The van der Waals surface area contributed by atoms with Crippen LogP contribution in [0.5, 0.6) is 0 Å². The number of nitrogens with one attached hydrogen (secondary N) is 1. The van der Waals surface area contributed by atoms with Crippen LogP contribution in [-0.4, -0.2) is 24.6 Å². The van der Waals surface area contributed by atoms with E-state index in [0.29, 0.717) is 11.7 Å². The van der Waals surface area contributed by atoms with Crippen molar-refractivity contribution >= 4 is 17.5 Å². The van der Waals surface area contributed by atoms with Gasteiger partial charge < -0.3 is 5.32 Å². The first-order chi connectivity index (χ1) is 9.58. The third kappa shape index (κ3) is 4.10. The molecule has 2 nitrogen and oxygen atoms in total. The highest BCUT2D eigenvalue weighted by Gasteiger charge is 2.24. The van der Waals surface area contributed by atoms with Crippen molar-refractivity contribution in [1.82, 2.24) is 5.32 Å². The molecule has 1 aromatic carbocycles. The predicted octanol–water partition coefficient (Wildman–Crippen LogP) is 3.93. The van der Waals surface area contributed by atoms with Gasteiger partial charge in [-0.25, -0.2) is 0 Å². The zero-order valence-electron chi connectivity index (χ0n) is 12.7. The van der Waals surface area contributed by atoms with E-state index in [1.165, 1.54) is 5.56 Å². The maximum atomic E-state index is 12.8. The first-order valence-electron chi connectivity index (χ1n) is 7.56. The van der Waals surface area contributed by atoms with Gasteiger partial charge in [-0.05, 0) is 50.9 Å². The van der Waals surface area contributed by atoms with Gasteiger partial charge in [0, 0.05) is 22.1 Å². The van der Waals surface area contributed by atoms with Crippen LogP contribution in [-0.2, 0) is 0 Å². The quantitative estimate of drug-likeness (QED) is 0.658. The number of rotatable bonds is 5. The Morgan fingerprint density at radius 3 is 2.70 bits per heavy atom. The molecule has 1 aliphatic heterocycles. The van der Waals surface area contributed by atoms with Crippen molar-refractivity contribution in [3.8, 4) is 0 Å². The molecular weight excluding hydrogens is 266 g/mol. The fourth-order valence-corrected chi connectivity index (χ4v) is 3.51. The molecule has 3 heteroatoms. The molecule has 1 aliphatic rings. The number of thioether (sulfide) groups is 1. The molecule has 0 radical (unpaired) electrons. The SMILES string of the molecule is Cc1ccc(SCC(C)C)c(C(=O)C2CCNCC2)c1. The highest BCUT2D eigenvalue weighted by molar-refractivity contribution is 7.99. The number of hydrogen-bond donors (Lipinski definition) is 1. The van der Waals surface area contributed by atoms with Crippen molar-refractivity contribution in [1.29, 1.82) is 0 Å². The summed E-state index contributed by atoms with van der Waals surface area (Å²) in [5.41, 5.74) is 2.12. The van der Waals surface area contributed by atoms with E-state index in [4.69, 9.17) is 0 Å². The Bertz CT molecular complexity index is 464. The maximum absolute atomic E-state index is 12.8. The van der Waals surface area contributed by atoms with E-state index < -0.39 is 0 Å². The zero-order chi connectivity index (χ0) is 14.5. The van der Waals surface area contributed by atoms with Crippen molar-refractivity contribution in [3.63, 3.8) is 0 Å². The molecule has 0 atom stereocenters. The summed E-state index contributed by atoms with van der Waals surface area (Å²) < 4.78 is 0. The molecule has 1 fully saturated rings. The molecule has 0 saturated carbocycles. The van der Waals surface area contributed by atoms with Crippen molar-refractivity contribution in [2.75, 3.05) is 18.8 Å². The minimum Gasteiger partial charge on any atom is -0.317 e. The van der Waals surface area contributed by atoms with Gasteiger partial charge in [-0.3, -0.25) is 4.79 Å². The third-order valence-electron chi connectivity index (χ3n) is 3.68. The molecule has 0 unspecified atom stereocenters. The van der Waals surface area contributed by atoms with Crippen LogP contribution in [0, 0.1) is 18.8 Å². The minimum atomic E-state index is 0.205. The predicted molar refractivity (Wildman–Crippen MR) is 86.7 cm³/mol. The normalized spacial score (nSPS) is 16.6. The van der Waals surface area contributed by atoms with Crippen LogP contribution in [0.2, 0.25) is 0 Å². The summed E-state index contributed by atoms with van der Waals surface area (Å²) in [5, 5.41) is 3.33. The number of piperidine rings is 1. The molecule has 2 rings (SSSR count). The van der Waals surface area contributed by atoms with Gasteiger partial charge in [0.05, 0.1) is 0 Å². The molecule has 1 saturated heterocycles. The van der Waals surface area contributed by atoms with Gasteiger partial charge in [-0.2, -0.15) is 0 Å². The van der Waals surface area contributed by atoms with E-state index in [-0.39, 0.29) is 5.92 Å². The molecule has 1 heterocycles. The Balaban J connectivity index is 2.19. The molecule has 0 spiro atoms. The summed E-state index contributed by atoms with van der Waals surface area (Å²) in [7, 11) is 0. The van der Waals surface area contributed by atoms with Gasteiger partial charge in [0.1, 0.15) is 0 Å². The minimum absolute atomic E-state index is 0.205.